The molecule has 0 aliphatic carbocycles. The van der Waals surface area contributed by atoms with Gasteiger partial charge < -0.3 is 9.84 Å². The SMILES string of the molecule is OC1CCO[C]1F. The average molecular weight is 105 g/mol. The Hall–Kier alpha value is -0.150. The highest BCUT2D eigenvalue weighted by Crippen LogP contribution is 2.20. The third-order valence-electron chi connectivity index (χ3n) is 0.893. The van der Waals surface area contributed by atoms with Crippen LogP contribution in [0.4, 0.5) is 4.39 Å². The first-order chi connectivity index (χ1) is 3.30. The van der Waals surface area contributed by atoms with E-state index in [0.29, 0.717) is 13.0 Å². The third kappa shape index (κ3) is 0.894. The molecule has 1 N–H and O–H groups in total. The molecule has 0 amide bonds. The van der Waals surface area contributed by atoms with Crippen LogP contribution in [-0.4, -0.2) is 17.8 Å². The first-order valence-electron chi connectivity index (χ1n) is 2.14. The van der Waals surface area contributed by atoms with E-state index in [1.807, 2.05) is 0 Å². The summed E-state index contributed by atoms with van der Waals surface area (Å²) in [5, 5.41) is 8.46. The largest absolute Gasteiger partial charge is 0.387 e. The minimum absolute atomic E-state index is 0.312. The Morgan fingerprint density at radius 2 is 2.57 bits per heavy atom. The number of hydrogen-bond donors (Lipinski definition) is 1. The van der Waals surface area contributed by atoms with Gasteiger partial charge in [0, 0.05) is 6.42 Å². The Kier molecular flexibility index (Phi) is 1.25. The van der Waals surface area contributed by atoms with Gasteiger partial charge in [-0.05, 0) is 0 Å². The average Bonchev–Trinajstić information content (AvgIpc) is 1.91. The van der Waals surface area contributed by atoms with Crippen LogP contribution in [0.1, 0.15) is 6.42 Å². The van der Waals surface area contributed by atoms with Crippen LogP contribution >= 0.6 is 0 Å². The van der Waals surface area contributed by atoms with Gasteiger partial charge in [-0.2, -0.15) is 0 Å². The summed E-state index contributed by atoms with van der Waals surface area (Å²) < 4.78 is 16.0. The number of halogens is 1. The predicted molar refractivity (Wildman–Crippen MR) is 20.9 cm³/mol. The van der Waals surface area contributed by atoms with Crippen LogP contribution in [0.25, 0.3) is 0 Å². The van der Waals surface area contributed by atoms with Gasteiger partial charge in [0.25, 0.3) is 6.36 Å². The van der Waals surface area contributed by atoms with E-state index in [-0.39, 0.29) is 0 Å². The first-order valence-corrected chi connectivity index (χ1v) is 2.14. The zero-order valence-corrected chi connectivity index (χ0v) is 3.72. The van der Waals surface area contributed by atoms with Crippen molar-refractivity contribution in [3.8, 4) is 0 Å². The number of hydrogen-bond acceptors (Lipinski definition) is 2. The van der Waals surface area contributed by atoms with Crippen molar-refractivity contribution in [3.63, 3.8) is 0 Å². The van der Waals surface area contributed by atoms with E-state index in [9.17, 15) is 4.39 Å². The van der Waals surface area contributed by atoms with Gasteiger partial charge >= 0.3 is 0 Å². The molecular formula is C4H6FO2. The Morgan fingerprint density at radius 3 is 2.71 bits per heavy atom. The van der Waals surface area contributed by atoms with Crippen LogP contribution in [-0.2, 0) is 4.74 Å². The molecule has 41 valence electrons. The van der Waals surface area contributed by atoms with Crippen LogP contribution in [0.5, 0.6) is 0 Å². The summed E-state index contributed by atoms with van der Waals surface area (Å²) >= 11 is 0. The normalized spacial score (nSPS) is 34.3. The fourth-order valence-electron chi connectivity index (χ4n) is 0.478. The topological polar surface area (TPSA) is 29.5 Å². The van der Waals surface area contributed by atoms with Crippen molar-refractivity contribution >= 4 is 0 Å². The van der Waals surface area contributed by atoms with Gasteiger partial charge in [0.05, 0.1) is 6.61 Å². The molecule has 1 heterocycles. The fourth-order valence-corrected chi connectivity index (χ4v) is 0.478. The van der Waals surface area contributed by atoms with Gasteiger partial charge in [0.2, 0.25) is 0 Å². The van der Waals surface area contributed by atoms with Crippen molar-refractivity contribution < 1.29 is 14.2 Å². The minimum Gasteiger partial charge on any atom is -0.387 e. The van der Waals surface area contributed by atoms with Crippen LogP contribution < -0.4 is 0 Å². The van der Waals surface area contributed by atoms with Gasteiger partial charge in [-0.1, -0.05) is 0 Å². The van der Waals surface area contributed by atoms with E-state index in [1.165, 1.54) is 0 Å². The lowest BCUT2D eigenvalue weighted by Gasteiger charge is -1.96. The minimum atomic E-state index is -0.958. The zero-order valence-electron chi connectivity index (χ0n) is 3.72. The molecule has 1 fully saturated rings. The summed E-state index contributed by atoms with van der Waals surface area (Å²) in [6.07, 6.45) is -1.30. The standard InChI is InChI=1S/C4H6FO2/c5-4-3(6)1-2-7-4/h3,6H,1-2H2. The van der Waals surface area contributed by atoms with E-state index >= 15 is 0 Å². The number of rotatable bonds is 0. The smallest absolute Gasteiger partial charge is 0.297 e. The van der Waals surface area contributed by atoms with Crippen molar-refractivity contribution in [1.82, 2.24) is 0 Å². The molecule has 2 nitrogen and oxygen atoms in total. The Morgan fingerprint density at radius 1 is 1.86 bits per heavy atom. The molecule has 7 heavy (non-hydrogen) atoms. The number of aliphatic hydroxyl groups excluding tert-OH is 1. The van der Waals surface area contributed by atoms with E-state index in [0.717, 1.165) is 0 Å². The van der Waals surface area contributed by atoms with Crippen LogP contribution in [0, 0.1) is 6.36 Å². The highest BCUT2D eigenvalue weighted by atomic mass is 19.1. The summed E-state index contributed by atoms with van der Waals surface area (Å²) in [5.74, 6) is 0. The van der Waals surface area contributed by atoms with Crippen LogP contribution in [0.3, 0.4) is 0 Å². The molecule has 0 saturated carbocycles. The molecule has 0 aromatic heterocycles. The van der Waals surface area contributed by atoms with Gasteiger partial charge in [0.15, 0.2) is 0 Å². The van der Waals surface area contributed by atoms with Gasteiger partial charge in [-0.15, -0.1) is 0 Å². The van der Waals surface area contributed by atoms with Crippen LogP contribution in [0.15, 0.2) is 0 Å². The second-order valence-corrected chi connectivity index (χ2v) is 1.46. The van der Waals surface area contributed by atoms with Gasteiger partial charge in [0.1, 0.15) is 6.10 Å². The second kappa shape index (κ2) is 1.76. The molecule has 0 spiro atoms. The summed E-state index contributed by atoms with van der Waals surface area (Å²) in [6.45, 7) is 0.312. The third-order valence-corrected chi connectivity index (χ3v) is 0.893. The molecule has 3 heteroatoms. The van der Waals surface area contributed by atoms with Gasteiger partial charge in [-0.3, -0.25) is 0 Å². The van der Waals surface area contributed by atoms with Crippen molar-refractivity contribution in [2.75, 3.05) is 6.61 Å². The maximum Gasteiger partial charge on any atom is 0.297 e. The lowest BCUT2D eigenvalue weighted by molar-refractivity contribution is 0.0508. The van der Waals surface area contributed by atoms with Crippen molar-refractivity contribution in [1.29, 1.82) is 0 Å². The lowest BCUT2D eigenvalue weighted by atomic mass is 10.3. The zero-order chi connectivity index (χ0) is 5.28. The summed E-state index contributed by atoms with van der Waals surface area (Å²) in [5.41, 5.74) is 0. The molecule has 0 aromatic carbocycles. The maximum atomic E-state index is 11.8. The van der Waals surface area contributed by atoms with E-state index in [4.69, 9.17) is 5.11 Å². The molecule has 1 radical (unpaired) electrons. The van der Waals surface area contributed by atoms with E-state index in [2.05, 4.69) is 4.74 Å². The molecule has 1 saturated heterocycles. The van der Waals surface area contributed by atoms with Crippen molar-refractivity contribution in [2.45, 2.75) is 12.5 Å². The molecule has 0 aromatic rings. The molecule has 1 unspecified atom stereocenters. The molecule has 1 atom stereocenters. The van der Waals surface area contributed by atoms with Crippen LogP contribution in [0.2, 0.25) is 0 Å². The maximum absolute atomic E-state index is 11.8. The highest BCUT2D eigenvalue weighted by molar-refractivity contribution is 4.80. The van der Waals surface area contributed by atoms with Crippen molar-refractivity contribution in [3.05, 3.63) is 6.36 Å². The molecule has 1 rings (SSSR count). The molecular weight excluding hydrogens is 99.0 g/mol. The molecule has 1 aliphatic rings. The second-order valence-electron chi connectivity index (χ2n) is 1.46. The van der Waals surface area contributed by atoms with E-state index in [1.54, 1.807) is 0 Å². The monoisotopic (exact) mass is 105 g/mol. The fraction of sp³-hybridized carbons (Fsp3) is 0.750. The Balaban J connectivity index is 2.33. The van der Waals surface area contributed by atoms with E-state index < -0.39 is 12.5 Å². The Labute approximate surface area is 40.9 Å². The Bertz CT molecular complexity index is 58.7. The quantitative estimate of drug-likeness (QED) is 0.477. The summed E-state index contributed by atoms with van der Waals surface area (Å²) in [6, 6.07) is 0. The first kappa shape index (κ1) is 5.00. The highest BCUT2D eigenvalue weighted by Gasteiger charge is 2.27. The number of aliphatic hydroxyl groups is 1. The predicted octanol–water partition coefficient (Wildman–Crippen LogP) is 0.227. The summed E-state index contributed by atoms with van der Waals surface area (Å²) in [7, 11) is 0. The number of ether oxygens (including phenoxy) is 1. The van der Waals surface area contributed by atoms with Crippen molar-refractivity contribution in [2.24, 2.45) is 0 Å². The molecule has 1 aliphatic heterocycles. The summed E-state index contributed by atoms with van der Waals surface area (Å²) in [4.78, 5) is 0. The molecule has 0 bridgehead atoms. The van der Waals surface area contributed by atoms with Gasteiger partial charge in [-0.25, -0.2) is 4.39 Å². The lowest BCUT2D eigenvalue weighted by Crippen LogP contribution is -2.05.